The van der Waals surface area contributed by atoms with Crippen LogP contribution in [0.3, 0.4) is 0 Å². The molecule has 0 bridgehead atoms. The molecule has 0 saturated heterocycles. The van der Waals surface area contributed by atoms with Gasteiger partial charge in [0, 0.05) is 26.0 Å². The Labute approximate surface area is 100 Å². The Morgan fingerprint density at radius 2 is 2.35 bits per heavy atom. The van der Waals surface area contributed by atoms with Crippen molar-refractivity contribution in [2.45, 2.75) is 19.3 Å². The first-order valence-electron chi connectivity index (χ1n) is 6.04. The fourth-order valence-electron chi connectivity index (χ4n) is 2.34. The number of aromatic nitrogens is 3. The van der Waals surface area contributed by atoms with Crippen molar-refractivity contribution < 1.29 is 0 Å². The van der Waals surface area contributed by atoms with E-state index in [2.05, 4.69) is 21.9 Å². The Morgan fingerprint density at radius 3 is 3.06 bits per heavy atom. The van der Waals surface area contributed by atoms with E-state index in [1.807, 2.05) is 10.6 Å². The van der Waals surface area contributed by atoms with Gasteiger partial charge in [0.25, 0.3) is 0 Å². The summed E-state index contributed by atoms with van der Waals surface area (Å²) in [6.07, 6.45) is 9.49. The summed E-state index contributed by atoms with van der Waals surface area (Å²) in [4.78, 5) is 10.9. The van der Waals surface area contributed by atoms with Gasteiger partial charge < -0.3 is 15.0 Å². The van der Waals surface area contributed by atoms with Crippen LogP contribution < -0.4 is 10.6 Å². The molecule has 3 rings (SSSR count). The molecule has 0 aliphatic heterocycles. The number of nitrogen functional groups attached to an aromatic ring is 1. The fourth-order valence-corrected chi connectivity index (χ4v) is 2.34. The summed E-state index contributed by atoms with van der Waals surface area (Å²) in [7, 11) is 2.06. The smallest absolute Gasteiger partial charge is 0.180 e. The normalized spacial score (nSPS) is 16.1. The largest absolute Gasteiger partial charge is 0.382 e. The van der Waals surface area contributed by atoms with Crippen LogP contribution in [-0.4, -0.2) is 28.0 Å². The van der Waals surface area contributed by atoms with Gasteiger partial charge in [-0.2, -0.15) is 0 Å². The second-order valence-corrected chi connectivity index (χ2v) is 4.82. The number of hydrogen-bond acceptors (Lipinski definition) is 4. The van der Waals surface area contributed by atoms with E-state index in [4.69, 9.17) is 5.73 Å². The minimum Gasteiger partial charge on any atom is -0.382 e. The minimum atomic E-state index is 0.533. The third-order valence-electron chi connectivity index (χ3n) is 3.49. The van der Waals surface area contributed by atoms with Crippen LogP contribution in [0, 0.1) is 5.92 Å². The summed E-state index contributed by atoms with van der Waals surface area (Å²) in [6, 6.07) is 0. The van der Waals surface area contributed by atoms with E-state index in [1.165, 1.54) is 19.3 Å². The van der Waals surface area contributed by atoms with Gasteiger partial charge in [-0.15, -0.1) is 0 Å². The lowest BCUT2D eigenvalue weighted by molar-refractivity contribution is 0.321. The Hall–Kier alpha value is -1.78. The maximum Gasteiger partial charge on any atom is 0.180 e. The summed E-state index contributed by atoms with van der Waals surface area (Å²) in [5.74, 6) is 2.21. The summed E-state index contributed by atoms with van der Waals surface area (Å²) in [5.41, 5.74) is 6.69. The molecule has 0 radical (unpaired) electrons. The third kappa shape index (κ3) is 1.81. The highest BCUT2D eigenvalue weighted by atomic mass is 15.2. The molecule has 2 N–H and O–H groups in total. The van der Waals surface area contributed by atoms with Crippen molar-refractivity contribution in [3.63, 3.8) is 0 Å². The average molecular weight is 231 g/mol. The van der Waals surface area contributed by atoms with E-state index in [1.54, 1.807) is 12.4 Å². The van der Waals surface area contributed by atoms with Crippen LogP contribution in [0.2, 0.25) is 0 Å². The topological polar surface area (TPSA) is 59.5 Å². The number of imidazole rings is 1. The van der Waals surface area contributed by atoms with Gasteiger partial charge in [0.05, 0.1) is 6.20 Å². The Kier molecular flexibility index (Phi) is 2.39. The van der Waals surface area contributed by atoms with Crippen LogP contribution in [0.1, 0.15) is 19.3 Å². The van der Waals surface area contributed by atoms with Gasteiger partial charge in [0.2, 0.25) is 0 Å². The fraction of sp³-hybridized carbons (Fsp3) is 0.500. The van der Waals surface area contributed by atoms with Gasteiger partial charge in [-0.05, 0) is 18.8 Å². The number of nitrogens with two attached hydrogens (primary N) is 1. The zero-order valence-electron chi connectivity index (χ0n) is 10.0. The van der Waals surface area contributed by atoms with Crippen LogP contribution in [0.25, 0.3) is 5.65 Å². The predicted octanol–water partition coefficient (Wildman–Crippen LogP) is 1.55. The van der Waals surface area contributed by atoms with E-state index < -0.39 is 0 Å². The Balaban J connectivity index is 1.94. The Bertz CT molecular complexity index is 529. The first-order chi connectivity index (χ1) is 8.24. The zero-order valence-corrected chi connectivity index (χ0v) is 10.0. The van der Waals surface area contributed by atoms with Crippen molar-refractivity contribution in [2.75, 3.05) is 24.2 Å². The molecule has 2 heterocycles. The molecule has 1 aliphatic rings. The molecule has 5 nitrogen and oxygen atoms in total. The summed E-state index contributed by atoms with van der Waals surface area (Å²) >= 11 is 0. The monoisotopic (exact) mass is 231 g/mol. The average Bonchev–Trinajstić information content (AvgIpc) is 2.69. The number of rotatable bonds is 3. The molecule has 1 fully saturated rings. The van der Waals surface area contributed by atoms with Crippen molar-refractivity contribution in [1.29, 1.82) is 0 Å². The third-order valence-corrected chi connectivity index (χ3v) is 3.49. The molecule has 0 unspecified atom stereocenters. The van der Waals surface area contributed by atoms with Gasteiger partial charge in [-0.25, -0.2) is 9.97 Å². The molecule has 1 saturated carbocycles. The van der Waals surface area contributed by atoms with Crippen molar-refractivity contribution in [1.82, 2.24) is 14.4 Å². The highest BCUT2D eigenvalue weighted by Crippen LogP contribution is 2.29. The van der Waals surface area contributed by atoms with Crippen LogP contribution in [0.5, 0.6) is 0 Å². The lowest BCUT2D eigenvalue weighted by Gasteiger charge is -2.30. The van der Waals surface area contributed by atoms with Crippen LogP contribution in [0.15, 0.2) is 18.6 Å². The molecule has 0 amide bonds. The van der Waals surface area contributed by atoms with Crippen molar-refractivity contribution in [2.24, 2.45) is 5.92 Å². The molecule has 90 valence electrons. The first kappa shape index (κ1) is 10.4. The van der Waals surface area contributed by atoms with E-state index in [0.717, 1.165) is 23.9 Å². The van der Waals surface area contributed by atoms with Gasteiger partial charge in [0.1, 0.15) is 5.82 Å². The molecule has 0 aromatic carbocycles. The standard InChI is InChI=1S/C12H17N5/c1-16(7-9-3-2-4-9)12-11-14-5-6-17(11)8-10(13)15-12/h5-6,8-9H,2-4,7,13H2,1H3. The van der Waals surface area contributed by atoms with Gasteiger partial charge in [0.15, 0.2) is 11.5 Å². The number of fused-ring (bicyclic) bond motifs is 1. The maximum atomic E-state index is 5.81. The molecule has 2 aromatic rings. The lowest BCUT2D eigenvalue weighted by atomic mass is 9.85. The maximum absolute atomic E-state index is 5.81. The number of nitrogens with zero attached hydrogens (tertiary/aromatic N) is 4. The summed E-state index contributed by atoms with van der Waals surface area (Å²) in [6.45, 7) is 1.04. The SMILES string of the molecule is CN(CC1CCC1)c1nc(N)cn2ccnc12. The second-order valence-electron chi connectivity index (χ2n) is 4.82. The van der Waals surface area contributed by atoms with E-state index in [0.29, 0.717) is 5.82 Å². The van der Waals surface area contributed by atoms with Crippen molar-refractivity contribution in [3.05, 3.63) is 18.6 Å². The molecule has 1 aliphatic carbocycles. The second kappa shape index (κ2) is 3.91. The van der Waals surface area contributed by atoms with Crippen LogP contribution >= 0.6 is 0 Å². The molecular weight excluding hydrogens is 214 g/mol. The lowest BCUT2D eigenvalue weighted by Crippen LogP contribution is -2.30. The molecule has 2 aromatic heterocycles. The Morgan fingerprint density at radius 1 is 1.53 bits per heavy atom. The minimum absolute atomic E-state index is 0.533. The van der Waals surface area contributed by atoms with Crippen molar-refractivity contribution >= 4 is 17.3 Å². The van der Waals surface area contributed by atoms with E-state index in [-0.39, 0.29) is 0 Å². The molecule has 17 heavy (non-hydrogen) atoms. The van der Waals surface area contributed by atoms with E-state index >= 15 is 0 Å². The molecule has 0 atom stereocenters. The highest BCUT2D eigenvalue weighted by Gasteiger charge is 2.21. The predicted molar refractivity (Wildman–Crippen MR) is 68.0 cm³/mol. The summed E-state index contributed by atoms with van der Waals surface area (Å²) in [5, 5.41) is 0. The van der Waals surface area contributed by atoms with Gasteiger partial charge in [-0.1, -0.05) is 6.42 Å². The van der Waals surface area contributed by atoms with Crippen LogP contribution in [0.4, 0.5) is 11.6 Å². The van der Waals surface area contributed by atoms with Crippen LogP contribution in [-0.2, 0) is 0 Å². The molecule has 0 spiro atoms. The quantitative estimate of drug-likeness (QED) is 0.870. The first-order valence-corrected chi connectivity index (χ1v) is 6.04. The number of hydrogen-bond donors (Lipinski definition) is 1. The van der Waals surface area contributed by atoms with Gasteiger partial charge >= 0.3 is 0 Å². The molecule has 5 heteroatoms. The van der Waals surface area contributed by atoms with Gasteiger partial charge in [-0.3, -0.25) is 0 Å². The number of anilines is 2. The highest BCUT2D eigenvalue weighted by molar-refractivity contribution is 5.66. The summed E-state index contributed by atoms with van der Waals surface area (Å²) < 4.78 is 1.93. The van der Waals surface area contributed by atoms with Crippen molar-refractivity contribution in [3.8, 4) is 0 Å². The molecular formula is C12H17N5. The van der Waals surface area contributed by atoms with E-state index in [9.17, 15) is 0 Å². The zero-order chi connectivity index (χ0) is 11.8.